The minimum atomic E-state index is -0.00526. The van der Waals surface area contributed by atoms with Crippen LogP contribution in [0.3, 0.4) is 0 Å². The molecule has 1 unspecified atom stereocenters. The highest BCUT2D eigenvalue weighted by molar-refractivity contribution is 5.35. The second kappa shape index (κ2) is 6.17. The highest BCUT2D eigenvalue weighted by Gasteiger charge is 2.11. The van der Waals surface area contributed by atoms with Crippen LogP contribution in [-0.2, 0) is 6.42 Å². The highest BCUT2D eigenvalue weighted by Crippen LogP contribution is 2.25. The lowest BCUT2D eigenvalue weighted by Gasteiger charge is -2.15. The molecule has 2 N–H and O–H groups in total. The van der Waals surface area contributed by atoms with Gasteiger partial charge in [0.2, 0.25) is 0 Å². The number of ether oxygens (including phenoxy) is 1. The smallest absolute Gasteiger partial charge is 0.123 e. The van der Waals surface area contributed by atoms with Gasteiger partial charge in [-0.1, -0.05) is 18.2 Å². The van der Waals surface area contributed by atoms with Gasteiger partial charge in [-0.2, -0.15) is 0 Å². The fourth-order valence-electron chi connectivity index (χ4n) is 2.00. The molecule has 2 rings (SSSR count). The second-order valence-corrected chi connectivity index (χ2v) is 4.24. The number of hydrogen-bond acceptors (Lipinski definition) is 3. The molecule has 0 spiro atoms. The Bertz CT molecular complexity index is 485. The molecule has 0 aliphatic carbocycles. The van der Waals surface area contributed by atoms with E-state index in [4.69, 9.17) is 10.5 Å². The van der Waals surface area contributed by atoms with E-state index in [1.807, 2.05) is 48.8 Å². The van der Waals surface area contributed by atoms with Crippen LogP contribution in [-0.4, -0.2) is 12.1 Å². The molecular formula is C15H18N2O. The van der Waals surface area contributed by atoms with Crippen molar-refractivity contribution < 1.29 is 4.74 Å². The lowest BCUT2D eigenvalue weighted by molar-refractivity contribution is 0.404. The normalized spacial score (nSPS) is 12.1. The predicted octanol–water partition coefficient (Wildman–Crippen LogP) is 2.72. The van der Waals surface area contributed by atoms with Gasteiger partial charge in [0.15, 0.2) is 0 Å². The summed E-state index contributed by atoms with van der Waals surface area (Å²) in [5.74, 6) is 0.861. The van der Waals surface area contributed by atoms with Crippen LogP contribution in [0.4, 0.5) is 0 Å². The van der Waals surface area contributed by atoms with E-state index in [2.05, 4.69) is 4.98 Å². The Balaban J connectivity index is 2.01. The minimum absolute atomic E-state index is 0.00526. The van der Waals surface area contributed by atoms with Gasteiger partial charge in [0.1, 0.15) is 5.75 Å². The Hall–Kier alpha value is -1.87. The molecule has 0 amide bonds. The van der Waals surface area contributed by atoms with Gasteiger partial charge >= 0.3 is 0 Å². The predicted molar refractivity (Wildman–Crippen MR) is 72.5 cm³/mol. The molecule has 1 heterocycles. The van der Waals surface area contributed by atoms with Crippen molar-refractivity contribution >= 4 is 0 Å². The Kier molecular flexibility index (Phi) is 4.31. The monoisotopic (exact) mass is 242 g/mol. The van der Waals surface area contributed by atoms with E-state index in [0.29, 0.717) is 0 Å². The van der Waals surface area contributed by atoms with E-state index >= 15 is 0 Å². The van der Waals surface area contributed by atoms with Crippen molar-refractivity contribution in [2.45, 2.75) is 18.9 Å². The number of rotatable bonds is 5. The third-order valence-electron chi connectivity index (χ3n) is 3.03. The summed E-state index contributed by atoms with van der Waals surface area (Å²) in [5.41, 5.74) is 8.55. The van der Waals surface area contributed by atoms with Crippen molar-refractivity contribution in [1.82, 2.24) is 4.98 Å². The third-order valence-corrected chi connectivity index (χ3v) is 3.03. The lowest BCUT2D eigenvalue weighted by Crippen LogP contribution is -2.12. The maximum atomic E-state index is 6.22. The van der Waals surface area contributed by atoms with Crippen LogP contribution in [0.1, 0.15) is 23.6 Å². The van der Waals surface area contributed by atoms with E-state index in [1.54, 1.807) is 7.11 Å². The van der Waals surface area contributed by atoms with Crippen LogP contribution in [0, 0.1) is 0 Å². The van der Waals surface area contributed by atoms with Crippen molar-refractivity contribution in [3.05, 3.63) is 59.9 Å². The van der Waals surface area contributed by atoms with E-state index in [9.17, 15) is 0 Å². The lowest BCUT2D eigenvalue weighted by atomic mass is 9.99. The zero-order valence-corrected chi connectivity index (χ0v) is 10.5. The number of methoxy groups -OCH3 is 1. The van der Waals surface area contributed by atoms with Gasteiger partial charge in [-0.3, -0.25) is 4.98 Å². The molecule has 1 aromatic carbocycles. The number of aryl methyl sites for hydroxylation is 1. The van der Waals surface area contributed by atoms with Crippen molar-refractivity contribution in [2.75, 3.05) is 7.11 Å². The third kappa shape index (κ3) is 3.08. The zero-order chi connectivity index (χ0) is 12.8. The van der Waals surface area contributed by atoms with Crippen molar-refractivity contribution in [2.24, 2.45) is 5.73 Å². The Labute approximate surface area is 108 Å². The number of benzene rings is 1. The molecule has 1 aromatic heterocycles. The fourth-order valence-corrected chi connectivity index (χ4v) is 2.00. The number of pyridine rings is 1. The van der Waals surface area contributed by atoms with Gasteiger partial charge in [0.05, 0.1) is 7.11 Å². The maximum Gasteiger partial charge on any atom is 0.123 e. The molecule has 0 aliphatic heterocycles. The van der Waals surface area contributed by atoms with Gasteiger partial charge in [0, 0.05) is 24.0 Å². The largest absolute Gasteiger partial charge is 0.496 e. The van der Waals surface area contributed by atoms with Crippen LogP contribution in [0.25, 0.3) is 0 Å². The molecular weight excluding hydrogens is 224 g/mol. The molecule has 2 aromatic rings. The van der Waals surface area contributed by atoms with E-state index < -0.39 is 0 Å². The quantitative estimate of drug-likeness (QED) is 0.877. The number of para-hydroxylation sites is 1. The first-order valence-electron chi connectivity index (χ1n) is 6.08. The van der Waals surface area contributed by atoms with Crippen molar-refractivity contribution in [3.63, 3.8) is 0 Å². The van der Waals surface area contributed by atoms with E-state index in [1.165, 1.54) is 5.56 Å². The highest BCUT2D eigenvalue weighted by atomic mass is 16.5. The summed E-state index contributed by atoms with van der Waals surface area (Å²) in [6.45, 7) is 0. The Morgan fingerprint density at radius 3 is 2.61 bits per heavy atom. The fraction of sp³-hybridized carbons (Fsp3) is 0.267. The first-order valence-corrected chi connectivity index (χ1v) is 6.08. The number of nitrogens with zero attached hydrogens (tertiary/aromatic N) is 1. The molecule has 1 atom stereocenters. The summed E-state index contributed by atoms with van der Waals surface area (Å²) in [5, 5.41) is 0. The molecule has 0 radical (unpaired) electrons. The van der Waals surface area contributed by atoms with E-state index in [0.717, 1.165) is 24.2 Å². The van der Waals surface area contributed by atoms with Gasteiger partial charge in [-0.15, -0.1) is 0 Å². The van der Waals surface area contributed by atoms with Crippen LogP contribution in [0.15, 0.2) is 48.8 Å². The summed E-state index contributed by atoms with van der Waals surface area (Å²) >= 11 is 0. The van der Waals surface area contributed by atoms with Crippen LogP contribution in [0.5, 0.6) is 5.75 Å². The summed E-state index contributed by atoms with van der Waals surface area (Å²) in [6.07, 6.45) is 5.46. The van der Waals surface area contributed by atoms with Crippen LogP contribution in [0.2, 0.25) is 0 Å². The molecule has 18 heavy (non-hydrogen) atoms. The van der Waals surface area contributed by atoms with Crippen LogP contribution >= 0.6 is 0 Å². The Morgan fingerprint density at radius 2 is 1.89 bits per heavy atom. The van der Waals surface area contributed by atoms with E-state index in [-0.39, 0.29) is 6.04 Å². The average Bonchev–Trinajstić information content (AvgIpc) is 2.45. The number of aromatic nitrogens is 1. The first-order chi connectivity index (χ1) is 8.81. The molecule has 0 fully saturated rings. The molecule has 0 saturated carbocycles. The molecule has 0 bridgehead atoms. The van der Waals surface area contributed by atoms with Gasteiger partial charge in [-0.25, -0.2) is 0 Å². The van der Waals surface area contributed by atoms with Crippen molar-refractivity contribution in [1.29, 1.82) is 0 Å². The molecule has 3 nitrogen and oxygen atoms in total. The summed E-state index contributed by atoms with van der Waals surface area (Å²) < 4.78 is 5.33. The average molecular weight is 242 g/mol. The molecule has 0 aliphatic rings. The summed E-state index contributed by atoms with van der Waals surface area (Å²) in [4.78, 5) is 4.01. The molecule has 94 valence electrons. The topological polar surface area (TPSA) is 48.1 Å². The molecule has 3 heteroatoms. The summed E-state index contributed by atoms with van der Waals surface area (Å²) in [6, 6.07) is 12.0. The first kappa shape index (κ1) is 12.6. The zero-order valence-electron chi connectivity index (χ0n) is 10.5. The standard InChI is InChI=1S/C15H18N2O/c1-18-15-5-3-2-4-13(15)14(16)7-6-12-8-10-17-11-9-12/h2-5,8-11,14H,6-7,16H2,1H3. The minimum Gasteiger partial charge on any atom is -0.496 e. The SMILES string of the molecule is COc1ccccc1C(N)CCc1ccncc1. The van der Waals surface area contributed by atoms with Gasteiger partial charge in [0.25, 0.3) is 0 Å². The van der Waals surface area contributed by atoms with Crippen molar-refractivity contribution in [3.8, 4) is 5.75 Å². The van der Waals surface area contributed by atoms with Gasteiger partial charge in [-0.05, 0) is 36.6 Å². The number of nitrogens with two attached hydrogens (primary N) is 1. The molecule has 0 saturated heterocycles. The van der Waals surface area contributed by atoms with Crippen LogP contribution < -0.4 is 10.5 Å². The van der Waals surface area contributed by atoms with Gasteiger partial charge < -0.3 is 10.5 Å². The number of hydrogen-bond donors (Lipinski definition) is 1. The maximum absolute atomic E-state index is 6.22. The second-order valence-electron chi connectivity index (χ2n) is 4.24. The Morgan fingerprint density at radius 1 is 1.17 bits per heavy atom. The summed E-state index contributed by atoms with van der Waals surface area (Å²) in [7, 11) is 1.68.